The topological polar surface area (TPSA) is 122 Å². The highest BCUT2D eigenvalue weighted by Crippen LogP contribution is 2.31. The molecule has 1 aliphatic heterocycles. The van der Waals surface area contributed by atoms with Crippen LogP contribution in [0.3, 0.4) is 0 Å². The smallest absolute Gasteiger partial charge is 0.246 e. The van der Waals surface area contributed by atoms with Crippen LogP contribution in [-0.2, 0) is 31.4 Å². The molecule has 0 unspecified atom stereocenters. The Bertz CT molecular complexity index is 1520. The van der Waals surface area contributed by atoms with E-state index in [2.05, 4.69) is 5.32 Å². The first-order valence-electron chi connectivity index (χ1n) is 12.8. The number of hydrogen-bond donors (Lipinski definition) is 1. The van der Waals surface area contributed by atoms with E-state index in [1.165, 1.54) is 29.6 Å². The lowest BCUT2D eigenvalue weighted by atomic mass is 10.2. The minimum Gasteiger partial charge on any atom is -0.495 e. The predicted octanol–water partition coefficient (Wildman–Crippen LogP) is 3.85. The molecule has 0 aromatic heterocycles. The number of hydrogen-bond acceptors (Lipinski definition) is 7. The van der Waals surface area contributed by atoms with Gasteiger partial charge in [-0.25, -0.2) is 16.8 Å². The van der Waals surface area contributed by atoms with Crippen molar-refractivity contribution in [3.8, 4) is 11.5 Å². The van der Waals surface area contributed by atoms with Gasteiger partial charge in [0.15, 0.2) is 0 Å². The minimum absolute atomic E-state index is 0.0549. The van der Waals surface area contributed by atoms with Crippen LogP contribution in [-0.4, -0.2) is 60.0 Å². The third kappa shape index (κ3) is 7.32. The Balaban J connectivity index is 1.47. The van der Waals surface area contributed by atoms with Crippen LogP contribution < -0.4 is 19.1 Å². The van der Waals surface area contributed by atoms with Crippen molar-refractivity contribution in [3.05, 3.63) is 78.4 Å². The van der Waals surface area contributed by atoms with Gasteiger partial charge in [-0.2, -0.15) is 4.31 Å². The molecule has 214 valence electrons. The van der Waals surface area contributed by atoms with Crippen LogP contribution in [0, 0.1) is 0 Å². The summed E-state index contributed by atoms with van der Waals surface area (Å²) in [6.07, 6.45) is 3.54. The first-order valence-corrected chi connectivity index (χ1v) is 16.1. The molecule has 1 saturated heterocycles. The van der Waals surface area contributed by atoms with Crippen LogP contribution >= 0.6 is 0 Å². The van der Waals surface area contributed by atoms with Crippen LogP contribution in [0.25, 0.3) is 0 Å². The van der Waals surface area contributed by atoms with Crippen LogP contribution in [0.2, 0.25) is 0 Å². The van der Waals surface area contributed by atoms with Crippen LogP contribution in [0.15, 0.2) is 77.7 Å². The molecule has 0 saturated carbocycles. The zero-order chi connectivity index (χ0) is 28.8. The minimum atomic E-state index is -3.84. The molecule has 4 rings (SSSR count). The zero-order valence-electron chi connectivity index (χ0n) is 22.4. The lowest BCUT2D eigenvalue weighted by Crippen LogP contribution is -2.37. The molecule has 12 heteroatoms. The summed E-state index contributed by atoms with van der Waals surface area (Å²) in [5.74, 6) is 0.0726. The van der Waals surface area contributed by atoms with Gasteiger partial charge in [-0.1, -0.05) is 36.8 Å². The van der Waals surface area contributed by atoms with E-state index in [-0.39, 0.29) is 22.0 Å². The van der Waals surface area contributed by atoms with Gasteiger partial charge in [0, 0.05) is 18.8 Å². The molecule has 1 N–H and O–H groups in total. The van der Waals surface area contributed by atoms with Crippen molar-refractivity contribution in [2.24, 2.45) is 0 Å². The van der Waals surface area contributed by atoms with E-state index >= 15 is 0 Å². The van der Waals surface area contributed by atoms with Gasteiger partial charge in [0.1, 0.15) is 29.5 Å². The predicted molar refractivity (Wildman–Crippen MR) is 154 cm³/mol. The third-order valence-corrected chi connectivity index (χ3v) is 9.50. The van der Waals surface area contributed by atoms with E-state index in [1.807, 2.05) is 30.3 Å². The lowest BCUT2D eigenvalue weighted by Gasteiger charge is -2.27. The Kier molecular flexibility index (Phi) is 9.33. The molecule has 3 aromatic carbocycles. The number of piperidine rings is 1. The first kappa shape index (κ1) is 29.4. The molecule has 0 aliphatic carbocycles. The van der Waals surface area contributed by atoms with Crippen molar-refractivity contribution in [2.75, 3.05) is 42.6 Å². The number of nitrogens with one attached hydrogen (secondary N) is 1. The van der Waals surface area contributed by atoms with Gasteiger partial charge in [0.2, 0.25) is 26.0 Å². The highest BCUT2D eigenvalue weighted by molar-refractivity contribution is 7.92. The van der Waals surface area contributed by atoms with Gasteiger partial charge in [-0.15, -0.1) is 0 Å². The summed E-state index contributed by atoms with van der Waals surface area (Å²) in [7, 11) is -6.28. The highest BCUT2D eigenvalue weighted by Gasteiger charge is 2.29. The number of sulfonamides is 2. The maximum absolute atomic E-state index is 13.3. The molecule has 0 atom stereocenters. The fourth-order valence-electron chi connectivity index (χ4n) is 4.38. The Labute approximate surface area is 235 Å². The summed E-state index contributed by atoms with van der Waals surface area (Å²) in [5.41, 5.74) is 1.48. The fraction of sp³-hybridized carbons (Fsp3) is 0.321. The highest BCUT2D eigenvalue weighted by atomic mass is 32.2. The first-order chi connectivity index (χ1) is 19.1. The second kappa shape index (κ2) is 12.7. The number of ether oxygens (including phenoxy) is 2. The average molecular weight is 588 g/mol. The molecule has 0 radical (unpaired) electrons. The molecule has 10 nitrogen and oxygen atoms in total. The molecule has 0 spiro atoms. The lowest BCUT2D eigenvalue weighted by molar-refractivity contribution is -0.114. The molecule has 40 heavy (non-hydrogen) atoms. The van der Waals surface area contributed by atoms with Gasteiger partial charge in [0.05, 0.1) is 19.1 Å². The molecule has 0 bridgehead atoms. The number of nitrogens with zero attached hydrogens (tertiary/aromatic N) is 2. The van der Waals surface area contributed by atoms with Gasteiger partial charge in [-0.05, 0) is 60.9 Å². The standard InChI is InChI=1S/C28H33N3O7S2/c1-37-26-16-11-23(19-27(26)40(35,36)30-17-7-4-8-18-30)29-28(32)20-31(39(2,33)34)24-12-14-25(15-13-24)38-21-22-9-5-3-6-10-22/h3,5-6,9-16,19H,4,7-8,17-18,20-21H2,1-2H3,(H,29,32). The molecular weight excluding hydrogens is 554 g/mol. The molecule has 1 heterocycles. The molecule has 3 aromatic rings. The van der Waals surface area contributed by atoms with Crippen molar-refractivity contribution < 1.29 is 31.1 Å². The molecule has 1 aliphatic rings. The maximum Gasteiger partial charge on any atom is 0.246 e. The van der Waals surface area contributed by atoms with Crippen LogP contribution in [0.4, 0.5) is 11.4 Å². The number of carbonyl (C=O) groups is 1. The summed E-state index contributed by atoms with van der Waals surface area (Å²) < 4.78 is 65.2. The summed E-state index contributed by atoms with van der Waals surface area (Å²) in [6, 6.07) is 20.3. The van der Waals surface area contributed by atoms with E-state index in [0.29, 0.717) is 25.4 Å². The van der Waals surface area contributed by atoms with E-state index in [1.54, 1.807) is 24.3 Å². The summed E-state index contributed by atoms with van der Waals surface area (Å²) in [4.78, 5) is 12.9. The zero-order valence-corrected chi connectivity index (χ0v) is 24.1. The summed E-state index contributed by atoms with van der Waals surface area (Å²) in [6.45, 7) is 0.683. The SMILES string of the molecule is COc1ccc(NC(=O)CN(c2ccc(OCc3ccccc3)cc2)S(C)(=O)=O)cc1S(=O)(=O)N1CCCCC1. The normalized spacial score (nSPS) is 14.3. The molecule has 1 fully saturated rings. The van der Waals surface area contributed by atoms with Crippen molar-refractivity contribution in [1.82, 2.24) is 4.31 Å². The van der Waals surface area contributed by atoms with Crippen LogP contribution in [0.1, 0.15) is 24.8 Å². The maximum atomic E-state index is 13.3. The summed E-state index contributed by atoms with van der Waals surface area (Å²) in [5, 5.41) is 2.62. The van der Waals surface area contributed by atoms with E-state index in [0.717, 1.165) is 35.4 Å². The Morgan fingerprint density at radius 1 is 0.925 bits per heavy atom. The van der Waals surface area contributed by atoms with Crippen molar-refractivity contribution in [1.29, 1.82) is 0 Å². The monoisotopic (exact) mass is 587 g/mol. The van der Waals surface area contributed by atoms with Crippen LogP contribution in [0.5, 0.6) is 11.5 Å². The number of carbonyl (C=O) groups excluding carboxylic acids is 1. The van der Waals surface area contributed by atoms with Gasteiger partial charge in [-0.3, -0.25) is 9.10 Å². The van der Waals surface area contributed by atoms with Crippen molar-refractivity contribution in [2.45, 2.75) is 30.8 Å². The van der Waals surface area contributed by atoms with Gasteiger partial charge >= 0.3 is 0 Å². The van der Waals surface area contributed by atoms with E-state index in [4.69, 9.17) is 9.47 Å². The number of rotatable bonds is 11. The Morgan fingerprint density at radius 3 is 2.23 bits per heavy atom. The third-order valence-electron chi connectivity index (χ3n) is 6.44. The Morgan fingerprint density at radius 2 is 1.60 bits per heavy atom. The van der Waals surface area contributed by atoms with Gasteiger partial charge in [0.25, 0.3) is 0 Å². The molecule has 1 amide bonds. The van der Waals surface area contributed by atoms with Crippen molar-refractivity contribution in [3.63, 3.8) is 0 Å². The average Bonchev–Trinajstić information content (AvgIpc) is 2.95. The molecular formula is C28H33N3O7S2. The fourth-order valence-corrected chi connectivity index (χ4v) is 6.94. The van der Waals surface area contributed by atoms with Crippen molar-refractivity contribution >= 4 is 37.3 Å². The quantitative estimate of drug-likeness (QED) is 0.362. The second-order valence-corrected chi connectivity index (χ2v) is 13.2. The number of anilines is 2. The number of amides is 1. The van der Waals surface area contributed by atoms with E-state index < -0.39 is 32.5 Å². The summed E-state index contributed by atoms with van der Waals surface area (Å²) >= 11 is 0. The largest absolute Gasteiger partial charge is 0.495 e. The number of methoxy groups -OCH3 is 1. The van der Waals surface area contributed by atoms with Gasteiger partial charge < -0.3 is 14.8 Å². The van der Waals surface area contributed by atoms with E-state index in [9.17, 15) is 21.6 Å². The Hall–Kier alpha value is -3.61. The second-order valence-electron chi connectivity index (χ2n) is 9.42. The number of benzene rings is 3.